The van der Waals surface area contributed by atoms with Crippen molar-refractivity contribution in [1.82, 2.24) is 10.6 Å². The molecule has 1 aliphatic rings. The molecule has 166 valence electrons. The molecule has 1 aliphatic heterocycles. The first-order valence-electron chi connectivity index (χ1n) is 10.3. The second kappa shape index (κ2) is 13.2. The van der Waals surface area contributed by atoms with Crippen LogP contribution in [0.2, 0.25) is 0 Å². The number of benzene rings is 1. The van der Waals surface area contributed by atoms with Gasteiger partial charge < -0.3 is 20.6 Å². The SMILES string of the molecule is CCNC(=NCC(CCO)CC(C)C)NC1CCN(c2c(F)cccc2F)C1.I. The zero-order valence-corrected chi connectivity index (χ0v) is 20.0. The molecule has 2 atom stereocenters. The molecule has 0 aromatic heterocycles. The van der Waals surface area contributed by atoms with Crippen LogP contribution in [0.5, 0.6) is 0 Å². The number of aliphatic hydroxyl groups excluding tert-OH is 1. The minimum Gasteiger partial charge on any atom is -0.396 e. The topological polar surface area (TPSA) is 59.9 Å². The Morgan fingerprint density at radius 3 is 2.59 bits per heavy atom. The van der Waals surface area contributed by atoms with Crippen molar-refractivity contribution in [2.75, 3.05) is 37.7 Å². The van der Waals surface area contributed by atoms with E-state index in [1.54, 1.807) is 4.90 Å². The summed E-state index contributed by atoms with van der Waals surface area (Å²) in [5.74, 6) is 0.563. The minimum absolute atomic E-state index is 0. The molecule has 1 aromatic carbocycles. The van der Waals surface area contributed by atoms with Crippen LogP contribution in [0.1, 0.15) is 40.0 Å². The van der Waals surface area contributed by atoms with Crippen LogP contribution in [-0.4, -0.2) is 49.9 Å². The molecule has 1 saturated heterocycles. The van der Waals surface area contributed by atoms with E-state index in [2.05, 4.69) is 24.5 Å². The number of halogens is 3. The molecule has 0 amide bonds. The first kappa shape index (κ1) is 25.9. The van der Waals surface area contributed by atoms with E-state index in [9.17, 15) is 13.9 Å². The molecule has 1 fully saturated rings. The van der Waals surface area contributed by atoms with Crippen LogP contribution in [0.3, 0.4) is 0 Å². The first-order chi connectivity index (χ1) is 13.4. The maximum atomic E-state index is 14.0. The Morgan fingerprint density at radius 1 is 1.31 bits per heavy atom. The van der Waals surface area contributed by atoms with Gasteiger partial charge in [0.15, 0.2) is 5.96 Å². The molecule has 8 heteroatoms. The fraction of sp³-hybridized carbons (Fsp3) is 0.667. The van der Waals surface area contributed by atoms with Crippen molar-refractivity contribution in [1.29, 1.82) is 0 Å². The summed E-state index contributed by atoms with van der Waals surface area (Å²) in [5.41, 5.74) is 0.0497. The lowest BCUT2D eigenvalue weighted by Crippen LogP contribution is -2.45. The predicted octanol–water partition coefficient (Wildman–Crippen LogP) is 3.76. The van der Waals surface area contributed by atoms with Crippen molar-refractivity contribution >= 4 is 35.6 Å². The molecular formula is C21H35F2IN4O. The summed E-state index contributed by atoms with van der Waals surface area (Å²) in [6.07, 6.45) is 2.54. The second-order valence-corrected chi connectivity index (χ2v) is 7.87. The predicted molar refractivity (Wildman–Crippen MR) is 126 cm³/mol. The van der Waals surface area contributed by atoms with Crippen LogP contribution in [0, 0.1) is 23.5 Å². The van der Waals surface area contributed by atoms with Crippen LogP contribution < -0.4 is 15.5 Å². The lowest BCUT2D eigenvalue weighted by Gasteiger charge is -2.22. The summed E-state index contributed by atoms with van der Waals surface area (Å²) in [6, 6.07) is 4.04. The van der Waals surface area contributed by atoms with E-state index in [4.69, 9.17) is 4.99 Å². The Hall–Kier alpha value is -1.16. The number of nitrogens with zero attached hydrogens (tertiary/aromatic N) is 2. The molecule has 0 saturated carbocycles. The first-order valence-corrected chi connectivity index (χ1v) is 10.3. The summed E-state index contributed by atoms with van der Waals surface area (Å²) < 4.78 is 28.1. The van der Waals surface area contributed by atoms with Crippen LogP contribution in [-0.2, 0) is 0 Å². The van der Waals surface area contributed by atoms with Crippen molar-refractivity contribution in [3.8, 4) is 0 Å². The third kappa shape index (κ3) is 8.24. The van der Waals surface area contributed by atoms with Gasteiger partial charge >= 0.3 is 0 Å². The van der Waals surface area contributed by atoms with Crippen LogP contribution in [0.15, 0.2) is 23.2 Å². The maximum absolute atomic E-state index is 14.0. The number of hydrogen-bond acceptors (Lipinski definition) is 3. The van der Waals surface area contributed by atoms with E-state index < -0.39 is 11.6 Å². The van der Waals surface area contributed by atoms with Gasteiger partial charge in [-0.1, -0.05) is 19.9 Å². The molecule has 1 heterocycles. The standard InChI is InChI=1S/C21H34F2N4O.HI/c1-4-24-21(25-13-16(9-11-28)12-15(2)3)26-17-8-10-27(14-17)20-18(22)6-5-7-19(20)23;/h5-7,15-17,28H,4,8-14H2,1-3H3,(H2,24,25,26);1H. The van der Waals surface area contributed by atoms with Gasteiger partial charge in [-0.25, -0.2) is 8.78 Å². The zero-order chi connectivity index (χ0) is 20.5. The molecule has 2 unspecified atom stereocenters. The van der Waals surface area contributed by atoms with Gasteiger partial charge in [-0.15, -0.1) is 24.0 Å². The average molecular weight is 524 g/mol. The van der Waals surface area contributed by atoms with E-state index in [0.717, 1.165) is 31.8 Å². The summed E-state index contributed by atoms with van der Waals surface area (Å²) in [5, 5.41) is 15.9. The lowest BCUT2D eigenvalue weighted by molar-refractivity contribution is 0.245. The molecule has 5 nitrogen and oxygen atoms in total. The van der Waals surface area contributed by atoms with E-state index in [-0.39, 0.29) is 42.3 Å². The summed E-state index contributed by atoms with van der Waals surface area (Å²) in [6.45, 7) is 9.02. The van der Waals surface area contributed by atoms with E-state index in [0.29, 0.717) is 31.5 Å². The van der Waals surface area contributed by atoms with Gasteiger partial charge in [0.05, 0.1) is 0 Å². The monoisotopic (exact) mass is 524 g/mol. The second-order valence-electron chi connectivity index (χ2n) is 7.87. The highest BCUT2D eigenvalue weighted by molar-refractivity contribution is 14.0. The molecule has 1 aromatic rings. The van der Waals surface area contributed by atoms with E-state index >= 15 is 0 Å². The summed E-state index contributed by atoms with van der Waals surface area (Å²) >= 11 is 0. The quantitative estimate of drug-likeness (QED) is 0.262. The Balaban J connectivity index is 0.00000420. The van der Waals surface area contributed by atoms with E-state index in [1.807, 2.05) is 6.92 Å². The highest BCUT2D eigenvalue weighted by Gasteiger charge is 2.27. The fourth-order valence-corrected chi connectivity index (χ4v) is 3.74. The molecule has 2 rings (SSSR count). The number of aliphatic hydroxyl groups is 1. The molecule has 0 bridgehead atoms. The number of anilines is 1. The summed E-state index contributed by atoms with van der Waals surface area (Å²) in [7, 11) is 0. The van der Waals surface area contributed by atoms with Crippen molar-refractivity contribution in [3.63, 3.8) is 0 Å². The maximum Gasteiger partial charge on any atom is 0.191 e. The highest BCUT2D eigenvalue weighted by atomic mass is 127. The van der Waals surface area contributed by atoms with Crippen molar-refractivity contribution in [2.24, 2.45) is 16.8 Å². The largest absolute Gasteiger partial charge is 0.396 e. The Morgan fingerprint density at radius 2 is 2.00 bits per heavy atom. The third-order valence-corrected chi connectivity index (χ3v) is 4.98. The van der Waals surface area contributed by atoms with Crippen LogP contribution >= 0.6 is 24.0 Å². The Labute approximate surface area is 190 Å². The third-order valence-electron chi connectivity index (χ3n) is 4.98. The van der Waals surface area contributed by atoms with Gasteiger partial charge in [-0.3, -0.25) is 4.99 Å². The lowest BCUT2D eigenvalue weighted by atomic mass is 9.94. The molecular weight excluding hydrogens is 489 g/mol. The minimum atomic E-state index is -0.526. The van der Waals surface area contributed by atoms with Gasteiger partial charge in [-0.2, -0.15) is 0 Å². The zero-order valence-electron chi connectivity index (χ0n) is 17.6. The summed E-state index contributed by atoms with van der Waals surface area (Å²) in [4.78, 5) is 6.45. The van der Waals surface area contributed by atoms with Crippen molar-refractivity contribution < 1.29 is 13.9 Å². The van der Waals surface area contributed by atoms with Gasteiger partial charge in [-0.05, 0) is 50.2 Å². The van der Waals surface area contributed by atoms with E-state index in [1.165, 1.54) is 18.2 Å². The molecule has 0 radical (unpaired) electrons. The molecule has 3 N–H and O–H groups in total. The number of para-hydroxylation sites is 1. The van der Waals surface area contributed by atoms with Crippen LogP contribution in [0.4, 0.5) is 14.5 Å². The fourth-order valence-electron chi connectivity index (χ4n) is 3.74. The number of aliphatic imine (C=N–C) groups is 1. The Bertz CT molecular complexity index is 625. The molecule has 0 spiro atoms. The number of guanidine groups is 1. The van der Waals surface area contributed by atoms with Gasteiger partial charge in [0, 0.05) is 38.8 Å². The molecule has 29 heavy (non-hydrogen) atoms. The Kier molecular flexibility index (Phi) is 11.8. The van der Waals surface area contributed by atoms with Crippen molar-refractivity contribution in [3.05, 3.63) is 29.8 Å². The number of rotatable bonds is 9. The van der Waals surface area contributed by atoms with Gasteiger partial charge in [0.2, 0.25) is 0 Å². The number of nitrogens with one attached hydrogen (secondary N) is 2. The average Bonchev–Trinajstić information content (AvgIpc) is 3.07. The molecule has 0 aliphatic carbocycles. The van der Waals surface area contributed by atoms with Crippen molar-refractivity contribution in [2.45, 2.75) is 46.1 Å². The van der Waals surface area contributed by atoms with Crippen LogP contribution in [0.25, 0.3) is 0 Å². The normalized spacial score (nSPS) is 18.0. The van der Waals surface area contributed by atoms with Gasteiger partial charge in [0.1, 0.15) is 17.3 Å². The highest BCUT2D eigenvalue weighted by Crippen LogP contribution is 2.26. The number of hydrogen-bond donors (Lipinski definition) is 3. The smallest absolute Gasteiger partial charge is 0.191 e. The van der Waals surface area contributed by atoms with Gasteiger partial charge in [0.25, 0.3) is 0 Å².